The fraction of sp³-hybridized carbons (Fsp3) is 0.182. The molecule has 1 heterocycles. The predicted octanol–water partition coefficient (Wildman–Crippen LogP) is 4.94. The van der Waals surface area contributed by atoms with Gasteiger partial charge in [-0.3, -0.25) is 4.79 Å². The summed E-state index contributed by atoms with van der Waals surface area (Å²) in [5.74, 6) is 0.687. The fourth-order valence-electron chi connectivity index (χ4n) is 2.57. The van der Waals surface area contributed by atoms with E-state index < -0.39 is 11.9 Å². The van der Waals surface area contributed by atoms with Crippen molar-refractivity contribution < 1.29 is 18.7 Å². The third-order valence-electron chi connectivity index (χ3n) is 4.05. The number of nitrogens with two attached hydrogens (primary N) is 1. The summed E-state index contributed by atoms with van der Waals surface area (Å²) in [5.41, 5.74) is 6.57. The zero-order valence-corrected chi connectivity index (χ0v) is 16.2. The van der Waals surface area contributed by atoms with Gasteiger partial charge in [0.1, 0.15) is 23.1 Å². The molecule has 0 radical (unpaired) electrons. The Hall–Kier alpha value is -3.61. The highest BCUT2D eigenvalue weighted by atomic mass is 19.1. The highest BCUT2D eigenvalue weighted by Gasteiger charge is 2.14. The van der Waals surface area contributed by atoms with E-state index in [0.717, 1.165) is 12.2 Å². The number of anilines is 2. The van der Waals surface area contributed by atoms with Crippen LogP contribution in [0.15, 0.2) is 54.6 Å². The van der Waals surface area contributed by atoms with Gasteiger partial charge >= 0.3 is 0 Å². The number of benzene rings is 2. The maximum Gasteiger partial charge on any atom is 0.259 e. The summed E-state index contributed by atoms with van der Waals surface area (Å²) < 4.78 is 24.8. The number of nitrogens with zero attached hydrogens (tertiary/aromatic N) is 1. The Bertz CT molecular complexity index is 1010. The zero-order valence-electron chi connectivity index (χ0n) is 16.2. The first-order valence-electron chi connectivity index (χ1n) is 9.21. The van der Waals surface area contributed by atoms with Crippen LogP contribution < -0.4 is 20.5 Å². The Labute approximate surface area is 168 Å². The van der Waals surface area contributed by atoms with E-state index in [4.69, 9.17) is 15.2 Å². The van der Waals surface area contributed by atoms with E-state index in [2.05, 4.69) is 10.3 Å². The Morgan fingerprint density at radius 1 is 1.10 bits per heavy atom. The van der Waals surface area contributed by atoms with Crippen molar-refractivity contribution in [2.45, 2.75) is 20.3 Å². The van der Waals surface area contributed by atoms with E-state index >= 15 is 0 Å². The van der Waals surface area contributed by atoms with E-state index in [1.165, 1.54) is 13.0 Å². The van der Waals surface area contributed by atoms with Gasteiger partial charge in [-0.25, -0.2) is 4.98 Å². The molecule has 1 amide bonds. The minimum atomic E-state index is -0.690. The molecule has 7 heteroatoms. The third-order valence-corrected chi connectivity index (χ3v) is 4.05. The van der Waals surface area contributed by atoms with Gasteiger partial charge in [0, 0.05) is 17.3 Å². The van der Waals surface area contributed by atoms with E-state index in [1.54, 1.807) is 24.3 Å². The molecular formula is C22H22FN3O3. The van der Waals surface area contributed by atoms with Crippen LogP contribution in [0.3, 0.4) is 0 Å². The molecule has 0 aliphatic heterocycles. The molecule has 29 heavy (non-hydrogen) atoms. The molecule has 0 aliphatic carbocycles. The number of pyridine rings is 1. The highest BCUT2D eigenvalue weighted by molar-refractivity contribution is 6.07. The van der Waals surface area contributed by atoms with Gasteiger partial charge in [-0.1, -0.05) is 13.0 Å². The van der Waals surface area contributed by atoms with E-state index in [9.17, 15) is 9.18 Å². The Morgan fingerprint density at radius 2 is 1.83 bits per heavy atom. The summed E-state index contributed by atoms with van der Waals surface area (Å²) in [4.78, 5) is 15.9. The van der Waals surface area contributed by atoms with Crippen LogP contribution in [0.25, 0.3) is 0 Å². The molecule has 3 N–H and O–H groups in total. The van der Waals surface area contributed by atoms with Gasteiger partial charge in [0.25, 0.3) is 5.91 Å². The first-order chi connectivity index (χ1) is 14.0. The second-order valence-electron chi connectivity index (χ2n) is 6.43. The van der Waals surface area contributed by atoms with Crippen molar-refractivity contribution in [3.05, 3.63) is 71.7 Å². The molecule has 3 aromatic rings. The van der Waals surface area contributed by atoms with Gasteiger partial charge in [-0.2, -0.15) is 4.39 Å². The second kappa shape index (κ2) is 9.05. The van der Waals surface area contributed by atoms with E-state index in [-0.39, 0.29) is 16.9 Å². The summed E-state index contributed by atoms with van der Waals surface area (Å²) >= 11 is 0. The number of carbonyl (C=O) groups excluding carboxylic acids is 1. The number of hydrogen-bond acceptors (Lipinski definition) is 5. The van der Waals surface area contributed by atoms with Crippen molar-refractivity contribution >= 4 is 17.4 Å². The first-order valence-corrected chi connectivity index (χ1v) is 9.21. The highest BCUT2D eigenvalue weighted by Crippen LogP contribution is 2.26. The standard InChI is InChI=1S/C22H22FN3O3/c1-3-11-28-17-5-4-6-18(13-17)29-16-9-7-15(8-10-16)25-22(27)19-12-14(2)20(23)26-21(19)24/h4-10,12-13H,3,11H2,1-2H3,(H2,24,26)(H,25,27). The van der Waals surface area contributed by atoms with Gasteiger partial charge in [-0.15, -0.1) is 0 Å². The fourth-order valence-corrected chi connectivity index (χ4v) is 2.57. The third kappa shape index (κ3) is 5.22. The molecule has 0 saturated heterocycles. The van der Waals surface area contributed by atoms with Crippen LogP contribution in [0, 0.1) is 12.9 Å². The molecule has 0 saturated carbocycles. The molecule has 0 aliphatic rings. The number of amides is 1. The largest absolute Gasteiger partial charge is 0.493 e. The zero-order chi connectivity index (χ0) is 20.8. The number of nitrogen functional groups attached to an aromatic ring is 1. The summed E-state index contributed by atoms with van der Waals surface area (Å²) in [6.07, 6.45) is 0.928. The van der Waals surface area contributed by atoms with E-state index in [0.29, 0.717) is 23.8 Å². The van der Waals surface area contributed by atoms with Crippen LogP contribution in [-0.2, 0) is 0 Å². The predicted molar refractivity (Wildman–Crippen MR) is 110 cm³/mol. The van der Waals surface area contributed by atoms with Crippen molar-refractivity contribution in [2.24, 2.45) is 0 Å². The van der Waals surface area contributed by atoms with Crippen LogP contribution in [0.5, 0.6) is 17.2 Å². The van der Waals surface area contributed by atoms with Crippen molar-refractivity contribution in [3.8, 4) is 17.2 Å². The normalized spacial score (nSPS) is 10.4. The molecular weight excluding hydrogens is 373 g/mol. The number of aromatic nitrogens is 1. The van der Waals surface area contributed by atoms with Gasteiger partial charge < -0.3 is 20.5 Å². The SMILES string of the molecule is CCCOc1cccc(Oc2ccc(NC(=O)c3cc(C)c(F)nc3N)cc2)c1. The van der Waals surface area contributed by atoms with Crippen LogP contribution in [0.4, 0.5) is 15.9 Å². The molecule has 6 nitrogen and oxygen atoms in total. The molecule has 3 rings (SSSR count). The van der Waals surface area contributed by atoms with Crippen LogP contribution in [-0.4, -0.2) is 17.5 Å². The maximum atomic E-state index is 13.4. The van der Waals surface area contributed by atoms with E-state index in [1.807, 2.05) is 31.2 Å². The topological polar surface area (TPSA) is 86.5 Å². The van der Waals surface area contributed by atoms with Gasteiger partial charge in [0.2, 0.25) is 5.95 Å². The summed E-state index contributed by atoms with van der Waals surface area (Å²) in [7, 11) is 0. The maximum absolute atomic E-state index is 13.4. The number of hydrogen-bond donors (Lipinski definition) is 2. The van der Waals surface area contributed by atoms with Crippen LogP contribution >= 0.6 is 0 Å². The van der Waals surface area contributed by atoms with Crippen molar-refractivity contribution in [1.82, 2.24) is 4.98 Å². The monoisotopic (exact) mass is 395 g/mol. The Balaban J connectivity index is 1.66. The summed E-state index contributed by atoms with van der Waals surface area (Å²) in [6, 6.07) is 15.6. The van der Waals surface area contributed by atoms with Gasteiger partial charge in [0.15, 0.2) is 0 Å². The molecule has 1 aromatic heterocycles. The van der Waals surface area contributed by atoms with Crippen LogP contribution in [0.2, 0.25) is 0 Å². The number of halogens is 1. The second-order valence-corrected chi connectivity index (χ2v) is 6.43. The number of ether oxygens (including phenoxy) is 2. The average molecular weight is 395 g/mol. The first kappa shape index (κ1) is 20.1. The lowest BCUT2D eigenvalue weighted by Gasteiger charge is -2.11. The molecule has 2 aromatic carbocycles. The Morgan fingerprint density at radius 3 is 2.55 bits per heavy atom. The lowest BCUT2D eigenvalue weighted by atomic mass is 10.1. The number of nitrogens with one attached hydrogen (secondary N) is 1. The molecule has 0 unspecified atom stereocenters. The summed E-state index contributed by atoms with van der Waals surface area (Å²) in [5, 5.41) is 2.71. The van der Waals surface area contributed by atoms with Crippen LogP contribution in [0.1, 0.15) is 29.3 Å². The smallest absolute Gasteiger partial charge is 0.259 e. The summed E-state index contributed by atoms with van der Waals surface area (Å²) in [6.45, 7) is 4.21. The minimum Gasteiger partial charge on any atom is -0.493 e. The molecule has 0 fully saturated rings. The lowest BCUT2D eigenvalue weighted by molar-refractivity contribution is 0.102. The van der Waals surface area contributed by atoms with Gasteiger partial charge in [0.05, 0.1) is 12.2 Å². The number of rotatable bonds is 7. The average Bonchev–Trinajstić information content (AvgIpc) is 2.71. The van der Waals surface area contributed by atoms with Gasteiger partial charge in [-0.05, 0) is 55.8 Å². The number of aryl methyl sites for hydroxylation is 1. The van der Waals surface area contributed by atoms with Crippen molar-refractivity contribution in [1.29, 1.82) is 0 Å². The molecule has 150 valence electrons. The van der Waals surface area contributed by atoms with Crippen molar-refractivity contribution in [3.63, 3.8) is 0 Å². The number of carbonyl (C=O) groups is 1. The Kier molecular flexibility index (Phi) is 6.29. The quantitative estimate of drug-likeness (QED) is 0.553. The molecule has 0 spiro atoms. The molecule has 0 bridgehead atoms. The lowest BCUT2D eigenvalue weighted by Crippen LogP contribution is -2.16. The minimum absolute atomic E-state index is 0.119. The van der Waals surface area contributed by atoms with Crippen molar-refractivity contribution in [2.75, 3.05) is 17.7 Å². The molecule has 0 atom stereocenters.